The van der Waals surface area contributed by atoms with E-state index < -0.39 is 14.8 Å². The average molecular weight is 329 g/mol. The number of anilines is 1. The first-order valence-electron chi connectivity index (χ1n) is 6.53. The Kier molecular flexibility index (Phi) is 3.45. The summed E-state index contributed by atoms with van der Waals surface area (Å²) < 4.78 is 25.7. The zero-order chi connectivity index (χ0) is 16.6. The molecule has 23 heavy (non-hydrogen) atoms. The fraction of sp³-hybridized carbons (Fsp3) is 0. The van der Waals surface area contributed by atoms with Crippen LogP contribution in [0.4, 0.5) is 11.4 Å². The third kappa shape index (κ3) is 2.49. The molecule has 0 aliphatic rings. The van der Waals surface area contributed by atoms with Crippen LogP contribution in [-0.2, 0) is 9.84 Å². The molecule has 2 N–H and O–H groups in total. The molecule has 116 valence electrons. The van der Waals surface area contributed by atoms with Gasteiger partial charge in [0.25, 0.3) is 5.69 Å². The predicted molar refractivity (Wildman–Crippen MR) is 84.7 cm³/mol. The SMILES string of the molecule is Nc1cc(S(=O)(=O)c2cccc3cnccc23)ccc1[N+](=O)[O-]. The zero-order valence-electron chi connectivity index (χ0n) is 11.7. The molecule has 0 aliphatic heterocycles. The second-order valence-electron chi connectivity index (χ2n) is 4.83. The molecule has 0 radical (unpaired) electrons. The number of fused-ring (bicyclic) bond motifs is 1. The molecular formula is C15H11N3O4S. The summed E-state index contributed by atoms with van der Waals surface area (Å²) in [5.41, 5.74) is 5.07. The minimum absolute atomic E-state index is 0.0927. The number of pyridine rings is 1. The van der Waals surface area contributed by atoms with Gasteiger partial charge in [0.15, 0.2) is 0 Å². The number of sulfone groups is 1. The van der Waals surface area contributed by atoms with E-state index >= 15 is 0 Å². The first kappa shape index (κ1) is 14.9. The number of hydrogen-bond acceptors (Lipinski definition) is 6. The second kappa shape index (κ2) is 5.33. The number of nitrogen functional groups attached to an aromatic ring is 1. The van der Waals surface area contributed by atoms with Gasteiger partial charge in [-0.3, -0.25) is 15.1 Å². The van der Waals surface area contributed by atoms with Gasteiger partial charge in [0.1, 0.15) is 5.69 Å². The largest absolute Gasteiger partial charge is 0.393 e. The summed E-state index contributed by atoms with van der Waals surface area (Å²) in [7, 11) is -3.86. The Morgan fingerprint density at radius 2 is 1.91 bits per heavy atom. The summed E-state index contributed by atoms with van der Waals surface area (Å²) in [5.74, 6) is 0. The van der Waals surface area contributed by atoms with Gasteiger partial charge < -0.3 is 5.73 Å². The molecule has 3 aromatic rings. The van der Waals surface area contributed by atoms with Crippen LogP contribution in [0.2, 0.25) is 0 Å². The van der Waals surface area contributed by atoms with Crippen molar-refractivity contribution in [1.29, 1.82) is 0 Å². The quantitative estimate of drug-likeness (QED) is 0.448. The molecule has 0 unspecified atom stereocenters. The number of nitro groups is 1. The highest BCUT2D eigenvalue weighted by Crippen LogP contribution is 2.31. The normalized spacial score (nSPS) is 11.5. The van der Waals surface area contributed by atoms with Crippen molar-refractivity contribution in [1.82, 2.24) is 4.98 Å². The molecule has 0 saturated heterocycles. The number of rotatable bonds is 3. The topological polar surface area (TPSA) is 116 Å². The van der Waals surface area contributed by atoms with E-state index in [2.05, 4.69) is 4.98 Å². The molecule has 0 aliphatic carbocycles. The highest BCUT2D eigenvalue weighted by molar-refractivity contribution is 7.91. The van der Waals surface area contributed by atoms with Gasteiger partial charge in [-0.05, 0) is 24.3 Å². The highest BCUT2D eigenvalue weighted by atomic mass is 32.2. The van der Waals surface area contributed by atoms with Crippen molar-refractivity contribution >= 4 is 32.0 Å². The summed E-state index contributed by atoms with van der Waals surface area (Å²) in [5, 5.41) is 12.0. The van der Waals surface area contributed by atoms with Crippen molar-refractivity contribution < 1.29 is 13.3 Å². The maximum atomic E-state index is 12.8. The fourth-order valence-corrected chi connectivity index (χ4v) is 3.84. The van der Waals surface area contributed by atoms with Crippen LogP contribution in [0.15, 0.2) is 64.6 Å². The van der Waals surface area contributed by atoms with E-state index in [0.29, 0.717) is 10.8 Å². The van der Waals surface area contributed by atoms with Crippen LogP contribution in [0.3, 0.4) is 0 Å². The lowest BCUT2D eigenvalue weighted by Gasteiger charge is -2.08. The molecule has 8 heteroatoms. The number of nitrogens with zero attached hydrogens (tertiary/aromatic N) is 2. The predicted octanol–water partition coefficient (Wildman–Crippen LogP) is 2.56. The molecule has 0 spiro atoms. The lowest BCUT2D eigenvalue weighted by atomic mass is 10.2. The van der Waals surface area contributed by atoms with Gasteiger partial charge in [-0.25, -0.2) is 8.42 Å². The van der Waals surface area contributed by atoms with Crippen LogP contribution in [0.1, 0.15) is 0 Å². The molecule has 0 fully saturated rings. The number of benzene rings is 2. The molecule has 1 heterocycles. The summed E-state index contributed by atoms with van der Waals surface area (Å²) in [6.45, 7) is 0. The number of nitrogens with two attached hydrogens (primary N) is 1. The Bertz CT molecular complexity index is 1030. The molecule has 0 atom stereocenters. The van der Waals surface area contributed by atoms with Crippen LogP contribution < -0.4 is 5.73 Å². The van der Waals surface area contributed by atoms with Crippen molar-refractivity contribution in [2.75, 3.05) is 5.73 Å². The molecule has 3 rings (SSSR count). The van der Waals surface area contributed by atoms with E-state index in [1.54, 1.807) is 24.4 Å². The van der Waals surface area contributed by atoms with Gasteiger partial charge in [-0.2, -0.15) is 0 Å². The smallest absolute Gasteiger partial charge is 0.292 e. The zero-order valence-corrected chi connectivity index (χ0v) is 12.5. The van der Waals surface area contributed by atoms with Crippen LogP contribution in [0.25, 0.3) is 10.8 Å². The molecule has 7 nitrogen and oxygen atoms in total. The standard InChI is InChI=1S/C15H11N3O4S/c16-13-8-11(4-5-14(13)18(19)20)23(21,22)15-3-1-2-10-9-17-7-6-12(10)15/h1-9H,16H2. The van der Waals surface area contributed by atoms with Gasteiger partial charge >= 0.3 is 0 Å². The van der Waals surface area contributed by atoms with E-state index in [9.17, 15) is 18.5 Å². The molecule has 0 bridgehead atoms. The summed E-state index contributed by atoms with van der Waals surface area (Å²) in [4.78, 5) is 14.1. The van der Waals surface area contributed by atoms with Crippen LogP contribution in [0.5, 0.6) is 0 Å². The van der Waals surface area contributed by atoms with Crippen molar-refractivity contribution in [2.45, 2.75) is 9.79 Å². The van der Waals surface area contributed by atoms with E-state index in [1.807, 2.05) is 0 Å². The summed E-state index contributed by atoms with van der Waals surface area (Å²) in [6.07, 6.45) is 3.07. The van der Waals surface area contributed by atoms with E-state index in [0.717, 1.165) is 12.1 Å². The average Bonchev–Trinajstić information content (AvgIpc) is 2.53. The first-order chi connectivity index (χ1) is 10.9. The molecular weight excluding hydrogens is 318 g/mol. The lowest BCUT2D eigenvalue weighted by Crippen LogP contribution is -2.05. The minimum atomic E-state index is -3.86. The molecule has 2 aromatic carbocycles. The first-order valence-corrected chi connectivity index (χ1v) is 8.01. The Hall–Kier alpha value is -3.00. The van der Waals surface area contributed by atoms with Crippen LogP contribution in [-0.4, -0.2) is 18.3 Å². The summed E-state index contributed by atoms with van der Waals surface area (Å²) in [6, 6.07) is 9.84. The van der Waals surface area contributed by atoms with Crippen molar-refractivity contribution in [3.8, 4) is 0 Å². The van der Waals surface area contributed by atoms with Gasteiger partial charge in [-0.15, -0.1) is 0 Å². The maximum absolute atomic E-state index is 12.8. The van der Waals surface area contributed by atoms with Crippen molar-refractivity contribution in [3.63, 3.8) is 0 Å². The third-order valence-corrected chi connectivity index (χ3v) is 5.25. The van der Waals surface area contributed by atoms with Crippen LogP contribution in [0, 0.1) is 10.1 Å². The van der Waals surface area contributed by atoms with Gasteiger partial charge in [0.2, 0.25) is 9.84 Å². The molecule has 0 saturated carbocycles. The maximum Gasteiger partial charge on any atom is 0.292 e. The minimum Gasteiger partial charge on any atom is -0.393 e. The highest BCUT2D eigenvalue weighted by Gasteiger charge is 2.23. The van der Waals surface area contributed by atoms with E-state index in [-0.39, 0.29) is 21.2 Å². The molecule has 1 aromatic heterocycles. The Balaban J connectivity index is 2.22. The third-order valence-electron chi connectivity index (χ3n) is 3.44. The summed E-state index contributed by atoms with van der Waals surface area (Å²) >= 11 is 0. The van der Waals surface area contributed by atoms with Crippen LogP contribution >= 0.6 is 0 Å². The fourth-order valence-electron chi connectivity index (χ4n) is 2.32. The Labute approximate surface area is 131 Å². The Morgan fingerprint density at radius 1 is 1.13 bits per heavy atom. The molecule has 0 amide bonds. The van der Waals surface area contributed by atoms with Crippen molar-refractivity contribution in [2.24, 2.45) is 0 Å². The van der Waals surface area contributed by atoms with E-state index in [1.165, 1.54) is 18.3 Å². The van der Waals surface area contributed by atoms with Gasteiger partial charge in [0, 0.05) is 29.2 Å². The van der Waals surface area contributed by atoms with E-state index in [4.69, 9.17) is 5.73 Å². The van der Waals surface area contributed by atoms with Crippen molar-refractivity contribution in [3.05, 3.63) is 65.0 Å². The van der Waals surface area contributed by atoms with Gasteiger partial charge in [0.05, 0.1) is 14.7 Å². The monoisotopic (exact) mass is 329 g/mol. The number of aromatic nitrogens is 1. The number of nitro benzene ring substituents is 1. The lowest BCUT2D eigenvalue weighted by molar-refractivity contribution is -0.383. The Morgan fingerprint density at radius 3 is 2.61 bits per heavy atom. The number of hydrogen-bond donors (Lipinski definition) is 1. The van der Waals surface area contributed by atoms with Gasteiger partial charge in [-0.1, -0.05) is 12.1 Å². The second-order valence-corrected chi connectivity index (χ2v) is 6.75.